The van der Waals surface area contributed by atoms with E-state index in [1.807, 2.05) is 31.2 Å². The molecule has 0 spiro atoms. The molecule has 17 heavy (non-hydrogen) atoms. The molecule has 4 nitrogen and oxygen atoms in total. The zero-order valence-electron chi connectivity index (χ0n) is 9.94. The van der Waals surface area contributed by atoms with Gasteiger partial charge in [0.15, 0.2) is 11.5 Å². The largest absolute Gasteiger partial charge is 0.489 e. The first-order valence-electron chi connectivity index (χ1n) is 5.71. The molecule has 1 aliphatic heterocycles. The van der Waals surface area contributed by atoms with Crippen LogP contribution in [-0.2, 0) is 6.42 Å². The van der Waals surface area contributed by atoms with Gasteiger partial charge in [-0.05, 0) is 31.5 Å². The first kappa shape index (κ1) is 11.8. The van der Waals surface area contributed by atoms with E-state index >= 15 is 0 Å². The lowest BCUT2D eigenvalue weighted by molar-refractivity contribution is 0.174. The number of rotatable bonds is 5. The Kier molecular flexibility index (Phi) is 3.88. The summed E-state index contributed by atoms with van der Waals surface area (Å²) in [6.07, 6.45) is 4.67. The fourth-order valence-corrected chi connectivity index (χ4v) is 1.68. The Balaban J connectivity index is 2.21. The monoisotopic (exact) mass is 235 g/mol. The SMILES string of the molecule is C/C=C/COc1cc2c(cc1CCN)OCO2. The van der Waals surface area contributed by atoms with Crippen molar-refractivity contribution < 1.29 is 14.2 Å². The third-order valence-corrected chi connectivity index (χ3v) is 2.54. The van der Waals surface area contributed by atoms with Crippen LogP contribution in [0.3, 0.4) is 0 Å². The van der Waals surface area contributed by atoms with Gasteiger partial charge in [0.05, 0.1) is 0 Å². The third kappa shape index (κ3) is 2.71. The minimum Gasteiger partial charge on any atom is -0.489 e. The summed E-state index contributed by atoms with van der Waals surface area (Å²) in [6, 6.07) is 3.82. The van der Waals surface area contributed by atoms with Crippen molar-refractivity contribution in [3.8, 4) is 17.2 Å². The standard InChI is InChI=1S/C13H17NO3/c1-2-3-6-15-11-8-13-12(16-9-17-13)7-10(11)4-5-14/h2-3,7-8H,4-6,9,14H2,1H3/b3-2+. The van der Waals surface area contributed by atoms with E-state index in [1.54, 1.807) is 0 Å². The molecule has 0 fully saturated rings. The maximum atomic E-state index is 5.68. The van der Waals surface area contributed by atoms with Crippen LogP contribution in [0.2, 0.25) is 0 Å². The van der Waals surface area contributed by atoms with Crippen LogP contribution in [0.25, 0.3) is 0 Å². The highest BCUT2D eigenvalue weighted by molar-refractivity contribution is 5.52. The van der Waals surface area contributed by atoms with Crippen molar-refractivity contribution in [1.82, 2.24) is 0 Å². The molecule has 2 N–H and O–H groups in total. The second-order valence-electron chi connectivity index (χ2n) is 3.73. The number of nitrogens with two attached hydrogens (primary N) is 1. The summed E-state index contributed by atoms with van der Waals surface area (Å²) in [7, 11) is 0. The summed E-state index contributed by atoms with van der Waals surface area (Å²) in [5.41, 5.74) is 6.64. The molecular weight excluding hydrogens is 218 g/mol. The van der Waals surface area contributed by atoms with E-state index in [4.69, 9.17) is 19.9 Å². The lowest BCUT2D eigenvalue weighted by atomic mass is 10.1. The topological polar surface area (TPSA) is 53.7 Å². The summed E-state index contributed by atoms with van der Waals surface area (Å²) in [5.74, 6) is 2.32. The fourth-order valence-electron chi connectivity index (χ4n) is 1.68. The van der Waals surface area contributed by atoms with Gasteiger partial charge in [-0.15, -0.1) is 0 Å². The highest BCUT2D eigenvalue weighted by Crippen LogP contribution is 2.38. The van der Waals surface area contributed by atoms with Crippen LogP contribution in [0.4, 0.5) is 0 Å². The van der Waals surface area contributed by atoms with Crippen molar-refractivity contribution >= 4 is 0 Å². The third-order valence-electron chi connectivity index (χ3n) is 2.54. The molecule has 1 aromatic carbocycles. The molecule has 1 aliphatic rings. The van der Waals surface area contributed by atoms with E-state index in [-0.39, 0.29) is 6.79 Å². The highest BCUT2D eigenvalue weighted by Gasteiger charge is 2.17. The Hall–Kier alpha value is -1.68. The van der Waals surface area contributed by atoms with Gasteiger partial charge in [0.2, 0.25) is 6.79 Å². The molecule has 0 amide bonds. The van der Waals surface area contributed by atoms with Crippen LogP contribution in [-0.4, -0.2) is 19.9 Å². The number of benzene rings is 1. The predicted molar refractivity (Wildman–Crippen MR) is 65.6 cm³/mol. The van der Waals surface area contributed by atoms with Crippen molar-refractivity contribution in [3.63, 3.8) is 0 Å². The highest BCUT2D eigenvalue weighted by atomic mass is 16.7. The second kappa shape index (κ2) is 5.59. The normalized spacial score (nSPS) is 13.3. The van der Waals surface area contributed by atoms with E-state index < -0.39 is 0 Å². The van der Waals surface area contributed by atoms with Gasteiger partial charge in [-0.3, -0.25) is 0 Å². The van der Waals surface area contributed by atoms with E-state index in [1.165, 1.54) is 0 Å². The van der Waals surface area contributed by atoms with Crippen molar-refractivity contribution in [2.24, 2.45) is 5.73 Å². The van der Waals surface area contributed by atoms with Crippen LogP contribution < -0.4 is 19.9 Å². The Morgan fingerprint density at radius 3 is 2.82 bits per heavy atom. The molecule has 1 heterocycles. The average molecular weight is 235 g/mol. The summed E-state index contributed by atoms with van der Waals surface area (Å²) in [4.78, 5) is 0. The summed E-state index contributed by atoms with van der Waals surface area (Å²) in [6.45, 7) is 3.37. The molecule has 2 rings (SSSR count). The quantitative estimate of drug-likeness (QED) is 0.792. The van der Waals surface area contributed by atoms with Crippen molar-refractivity contribution in [1.29, 1.82) is 0 Å². The van der Waals surface area contributed by atoms with E-state index in [0.717, 1.165) is 29.2 Å². The maximum absolute atomic E-state index is 5.68. The molecule has 92 valence electrons. The smallest absolute Gasteiger partial charge is 0.231 e. The molecule has 0 radical (unpaired) electrons. The molecule has 1 aromatic rings. The summed E-state index contributed by atoms with van der Waals surface area (Å²) in [5, 5.41) is 0. The molecule has 0 saturated heterocycles. The minimum atomic E-state index is 0.274. The van der Waals surface area contributed by atoms with Crippen LogP contribution in [0.1, 0.15) is 12.5 Å². The van der Waals surface area contributed by atoms with Crippen LogP contribution >= 0.6 is 0 Å². The number of fused-ring (bicyclic) bond motifs is 1. The molecule has 0 saturated carbocycles. The van der Waals surface area contributed by atoms with Gasteiger partial charge in [0.25, 0.3) is 0 Å². The lowest BCUT2D eigenvalue weighted by Gasteiger charge is -2.10. The summed E-state index contributed by atoms with van der Waals surface area (Å²) < 4.78 is 16.3. The van der Waals surface area contributed by atoms with Gasteiger partial charge >= 0.3 is 0 Å². The van der Waals surface area contributed by atoms with Crippen LogP contribution in [0, 0.1) is 0 Å². The van der Waals surface area contributed by atoms with Gasteiger partial charge in [-0.1, -0.05) is 12.2 Å². The van der Waals surface area contributed by atoms with E-state index in [9.17, 15) is 0 Å². The molecule has 4 heteroatoms. The molecule has 0 atom stereocenters. The van der Waals surface area contributed by atoms with Crippen molar-refractivity contribution in [2.45, 2.75) is 13.3 Å². The average Bonchev–Trinajstić information content (AvgIpc) is 2.77. The lowest BCUT2D eigenvalue weighted by Crippen LogP contribution is -2.05. The first-order chi connectivity index (χ1) is 8.35. The van der Waals surface area contributed by atoms with Gasteiger partial charge in [0, 0.05) is 6.07 Å². The number of hydrogen-bond donors (Lipinski definition) is 1. The van der Waals surface area contributed by atoms with Gasteiger partial charge in [-0.25, -0.2) is 0 Å². The second-order valence-corrected chi connectivity index (χ2v) is 3.73. The minimum absolute atomic E-state index is 0.274. The predicted octanol–water partition coefficient (Wildman–Crippen LogP) is 1.87. The first-order valence-corrected chi connectivity index (χ1v) is 5.71. The molecule has 0 bridgehead atoms. The van der Waals surface area contributed by atoms with Crippen molar-refractivity contribution in [3.05, 3.63) is 29.8 Å². The summed E-state index contributed by atoms with van der Waals surface area (Å²) >= 11 is 0. The van der Waals surface area contributed by atoms with Gasteiger partial charge in [0.1, 0.15) is 12.4 Å². The zero-order valence-corrected chi connectivity index (χ0v) is 9.94. The van der Waals surface area contributed by atoms with Crippen molar-refractivity contribution in [2.75, 3.05) is 19.9 Å². The molecular formula is C13H17NO3. The van der Waals surface area contributed by atoms with Crippen LogP contribution in [0.15, 0.2) is 24.3 Å². The van der Waals surface area contributed by atoms with E-state index in [0.29, 0.717) is 13.2 Å². The number of hydrogen-bond acceptors (Lipinski definition) is 4. The van der Waals surface area contributed by atoms with E-state index in [2.05, 4.69) is 0 Å². The number of allylic oxidation sites excluding steroid dienone is 1. The molecule has 0 aromatic heterocycles. The van der Waals surface area contributed by atoms with Gasteiger partial charge < -0.3 is 19.9 Å². The Labute approximate surface area is 101 Å². The van der Waals surface area contributed by atoms with Crippen LogP contribution in [0.5, 0.6) is 17.2 Å². The molecule has 0 aliphatic carbocycles. The Bertz CT molecular complexity index is 415. The maximum Gasteiger partial charge on any atom is 0.231 e. The Morgan fingerprint density at radius 2 is 2.12 bits per heavy atom. The molecule has 0 unspecified atom stereocenters. The fraction of sp³-hybridized carbons (Fsp3) is 0.385. The Morgan fingerprint density at radius 1 is 1.35 bits per heavy atom. The van der Waals surface area contributed by atoms with Gasteiger partial charge in [-0.2, -0.15) is 0 Å². The number of ether oxygens (including phenoxy) is 3. The zero-order chi connectivity index (χ0) is 12.1.